The van der Waals surface area contributed by atoms with Crippen molar-refractivity contribution < 1.29 is 23.4 Å². The largest absolute Gasteiger partial charge is 0.462 e. The lowest BCUT2D eigenvalue weighted by Crippen LogP contribution is -2.37. The molecule has 0 spiro atoms. The minimum atomic E-state index is -3.70. The van der Waals surface area contributed by atoms with Crippen LogP contribution in [0.4, 0.5) is 5.82 Å². The number of fused-ring (bicyclic) bond motifs is 3. The number of benzene rings is 2. The van der Waals surface area contributed by atoms with E-state index in [0.717, 1.165) is 28.8 Å². The Morgan fingerprint density at radius 3 is 2.46 bits per heavy atom. The fraction of sp³-hybridized carbons (Fsp3) is 0.414. The van der Waals surface area contributed by atoms with E-state index in [0.29, 0.717) is 30.2 Å². The van der Waals surface area contributed by atoms with Crippen molar-refractivity contribution in [2.75, 3.05) is 18.6 Å². The van der Waals surface area contributed by atoms with E-state index in [1.54, 1.807) is 45.0 Å². The Hall–Kier alpha value is -3.50. The average molecular weight is 583 g/mol. The Morgan fingerprint density at radius 2 is 1.76 bits per heavy atom. The van der Waals surface area contributed by atoms with Gasteiger partial charge in [-0.15, -0.1) is 0 Å². The third kappa shape index (κ3) is 7.62. The number of nitrogens with one attached hydrogen (secondary N) is 2. The van der Waals surface area contributed by atoms with Crippen LogP contribution in [-0.2, 0) is 31.9 Å². The quantitative estimate of drug-likeness (QED) is 0.140. The van der Waals surface area contributed by atoms with Gasteiger partial charge in [-0.1, -0.05) is 43.3 Å². The molecule has 12 heteroatoms. The van der Waals surface area contributed by atoms with Crippen LogP contribution in [0.1, 0.15) is 40.4 Å². The summed E-state index contributed by atoms with van der Waals surface area (Å²) in [6.45, 7) is 10.7. The smallest absolute Gasteiger partial charge is 0.342 e. The van der Waals surface area contributed by atoms with Gasteiger partial charge in [0.05, 0.1) is 36.3 Å². The van der Waals surface area contributed by atoms with Gasteiger partial charge in [0.2, 0.25) is 0 Å². The third-order valence-corrected chi connectivity index (χ3v) is 8.06. The number of hydrogen-bond donors (Lipinski definition) is 3. The van der Waals surface area contributed by atoms with E-state index in [4.69, 9.17) is 24.7 Å². The first-order chi connectivity index (χ1) is 19.6. The first-order valence-electron chi connectivity index (χ1n) is 13.8. The Kier molecular flexibility index (Phi) is 9.99. The normalized spacial score (nSPS) is 14.7. The molecule has 0 radical (unpaired) electrons. The fourth-order valence-corrected chi connectivity index (χ4v) is 6.22. The molecule has 4 aromatic rings. The maximum atomic E-state index is 14.0. The number of nitrogen functional groups attached to an aromatic ring is 1. The molecule has 0 aliphatic heterocycles. The monoisotopic (exact) mass is 582 g/mol. The minimum Gasteiger partial charge on any atom is -0.462 e. The Bertz CT molecular complexity index is 1530. The first kappa shape index (κ1) is 30.5. The summed E-state index contributed by atoms with van der Waals surface area (Å²) >= 11 is 0. The summed E-state index contributed by atoms with van der Waals surface area (Å²) < 4.78 is 33.4. The zero-order chi connectivity index (χ0) is 29.6. The number of pyridine rings is 1. The second kappa shape index (κ2) is 13.4. The molecule has 0 bridgehead atoms. The van der Waals surface area contributed by atoms with E-state index in [2.05, 4.69) is 20.0 Å². The van der Waals surface area contributed by atoms with E-state index in [9.17, 15) is 9.36 Å². The van der Waals surface area contributed by atoms with Crippen LogP contribution in [0.3, 0.4) is 0 Å². The zero-order valence-corrected chi connectivity index (χ0v) is 25.1. The van der Waals surface area contributed by atoms with Crippen LogP contribution in [0.15, 0.2) is 54.6 Å². The van der Waals surface area contributed by atoms with Gasteiger partial charge < -0.3 is 29.6 Å². The van der Waals surface area contributed by atoms with E-state index >= 15 is 0 Å². The predicted octanol–water partition coefficient (Wildman–Crippen LogP) is 4.84. The molecule has 41 heavy (non-hydrogen) atoms. The number of rotatable bonds is 14. The number of carbonyl (C=O) groups excluding carboxylic acids is 1. The number of imidazole rings is 1. The molecule has 2 aromatic carbocycles. The highest BCUT2D eigenvalue weighted by Gasteiger charge is 2.32. The molecule has 0 fully saturated rings. The van der Waals surface area contributed by atoms with Crippen molar-refractivity contribution in [1.82, 2.24) is 24.9 Å². The van der Waals surface area contributed by atoms with Crippen molar-refractivity contribution in [1.29, 1.82) is 0 Å². The molecule has 3 atom stereocenters. The molecule has 3 unspecified atom stereocenters. The van der Waals surface area contributed by atoms with Crippen molar-refractivity contribution in [2.45, 2.75) is 66.0 Å². The second-order valence-corrected chi connectivity index (χ2v) is 12.2. The van der Waals surface area contributed by atoms with Gasteiger partial charge in [-0.05, 0) is 52.4 Å². The summed E-state index contributed by atoms with van der Waals surface area (Å²) in [6, 6.07) is 15.7. The Labute approximate surface area is 240 Å². The van der Waals surface area contributed by atoms with Crippen molar-refractivity contribution >= 4 is 41.2 Å². The summed E-state index contributed by atoms with van der Waals surface area (Å²) in [4.78, 5) is 21.8. The fourth-order valence-electron chi connectivity index (χ4n) is 4.43. The minimum absolute atomic E-state index is 0.276. The molecule has 0 saturated heterocycles. The summed E-state index contributed by atoms with van der Waals surface area (Å²) in [5, 5.41) is 7.10. The molecule has 11 nitrogen and oxygen atoms in total. The summed E-state index contributed by atoms with van der Waals surface area (Å²) in [6.07, 6.45) is -0.991. The van der Waals surface area contributed by atoms with Gasteiger partial charge in [0.1, 0.15) is 29.5 Å². The lowest BCUT2D eigenvalue weighted by atomic mass is 10.2. The Balaban J connectivity index is 1.59. The number of nitrogens with two attached hydrogens (primary N) is 1. The van der Waals surface area contributed by atoms with Crippen molar-refractivity contribution in [3.63, 3.8) is 0 Å². The maximum absolute atomic E-state index is 14.0. The van der Waals surface area contributed by atoms with Crippen LogP contribution in [0, 0.1) is 0 Å². The molecule has 4 rings (SSSR count). The molecule has 2 aromatic heterocycles. The van der Waals surface area contributed by atoms with Gasteiger partial charge in [-0.2, -0.15) is 0 Å². The van der Waals surface area contributed by atoms with Crippen LogP contribution in [-0.4, -0.2) is 51.6 Å². The third-order valence-electron chi connectivity index (χ3n) is 6.28. The lowest BCUT2D eigenvalue weighted by Gasteiger charge is -2.25. The highest BCUT2D eigenvalue weighted by molar-refractivity contribution is 7.57. The number of esters is 1. The molecule has 4 N–H and O–H groups in total. The highest BCUT2D eigenvalue weighted by Crippen LogP contribution is 2.44. The van der Waals surface area contributed by atoms with Crippen LogP contribution in [0.5, 0.6) is 5.75 Å². The van der Waals surface area contributed by atoms with E-state index in [-0.39, 0.29) is 12.5 Å². The maximum Gasteiger partial charge on any atom is 0.342 e. The predicted molar refractivity (Wildman–Crippen MR) is 161 cm³/mol. The van der Waals surface area contributed by atoms with Crippen LogP contribution in [0.25, 0.3) is 21.9 Å². The molecule has 0 saturated carbocycles. The van der Waals surface area contributed by atoms with E-state index in [1.165, 1.54) is 0 Å². The molecule has 0 aliphatic carbocycles. The number of para-hydroxylation sites is 2. The van der Waals surface area contributed by atoms with Gasteiger partial charge in [0.15, 0.2) is 5.82 Å². The Morgan fingerprint density at radius 1 is 1.05 bits per heavy atom. The SMILES string of the molecule is CCNCc1nc2c(N)nc3ccccc3c2n1CC(C)OCP(=O)(NC(C)C(=O)OC(C)C)Oc1ccccc1. The number of hydrogen-bond acceptors (Lipinski definition) is 9. The molecule has 0 amide bonds. The summed E-state index contributed by atoms with van der Waals surface area (Å²) in [7, 11) is -3.70. The van der Waals surface area contributed by atoms with E-state index in [1.807, 2.05) is 44.2 Å². The van der Waals surface area contributed by atoms with Gasteiger partial charge in [0, 0.05) is 5.39 Å². The van der Waals surface area contributed by atoms with Gasteiger partial charge >= 0.3 is 13.5 Å². The zero-order valence-electron chi connectivity index (χ0n) is 24.2. The number of anilines is 1. The average Bonchev–Trinajstić information content (AvgIpc) is 3.29. The first-order valence-corrected chi connectivity index (χ1v) is 15.6. The number of aromatic nitrogens is 3. The van der Waals surface area contributed by atoms with Gasteiger partial charge in [-0.3, -0.25) is 9.36 Å². The number of ether oxygens (including phenoxy) is 2. The number of carbonyl (C=O) groups is 1. The van der Waals surface area contributed by atoms with Crippen molar-refractivity contribution in [3.05, 3.63) is 60.4 Å². The topological polar surface area (TPSA) is 143 Å². The molecule has 220 valence electrons. The standard InChI is InChI=1S/C29H39N6O5P/c1-6-31-16-25-33-26-27(23-14-10-11-15-24(23)32-28(26)30)35(25)17-20(4)38-18-41(37,40-22-12-8-7-9-13-22)34-21(5)29(36)39-19(2)3/h7-15,19-21,31H,6,16-18H2,1-5H3,(H2,30,32)(H,34,37). The summed E-state index contributed by atoms with van der Waals surface area (Å²) in [5.41, 5.74) is 8.58. The number of nitrogens with zero attached hydrogens (tertiary/aromatic N) is 3. The second-order valence-electron chi connectivity index (χ2n) is 10.2. The van der Waals surface area contributed by atoms with Crippen molar-refractivity contribution in [3.8, 4) is 5.75 Å². The van der Waals surface area contributed by atoms with Crippen LogP contribution >= 0.6 is 7.52 Å². The lowest BCUT2D eigenvalue weighted by molar-refractivity contribution is -0.149. The van der Waals surface area contributed by atoms with E-state index < -0.39 is 25.6 Å². The van der Waals surface area contributed by atoms with Crippen molar-refractivity contribution in [2.24, 2.45) is 0 Å². The molecular weight excluding hydrogens is 543 g/mol. The highest BCUT2D eigenvalue weighted by atomic mass is 31.2. The summed E-state index contributed by atoms with van der Waals surface area (Å²) in [5.74, 6) is 1.01. The van der Waals surface area contributed by atoms with Gasteiger partial charge in [0.25, 0.3) is 0 Å². The van der Waals surface area contributed by atoms with Crippen LogP contribution in [0.2, 0.25) is 0 Å². The molecule has 2 heterocycles. The molecular formula is C29H39N6O5P. The van der Waals surface area contributed by atoms with Crippen LogP contribution < -0.4 is 20.7 Å². The molecule has 0 aliphatic rings. The van der Waals surface area contributed by atoms with Gasteiger partial charge in [-0.25, -0.2) is 15.1 Å².